The second-order valence-electron chi connectivity index (χ2n) is 3.70. The lowest BCUT2D eigenvalue weighted by Gasteiger charge is -2.06. The first-order valence-corrected chi connectivity index (χ1v) is 5.14. The van der Waals surface area contributed by atoms with Crippen molar-refractivity contribution in [3.63, 3.8) is 0 Å². The molecule has 0 saturated heterocycles. The van der Waals surface area contributed by atoms with Gasteiger partial charge in [-0.2, -0.15) is 0 Å². The summed E-state index contributed by atoms with van der Waals surface area (Å²) in [5.41, 5.74) is 6.21. The van der Waals surface area contributed by atoms with Gasteiger partial charge in [0.05, 0.1) is 10.5 Å². The molecule has 0 aliphatic heterocycles. The molecule has 3 N–H and O–H groups in total. The van der Waals surface area contributed by atoms with Gasteiger partial charge in [-0.05, 0) is 25.1 Å². The Labute approximate surface area is 108 Å². The number of nitrogens with two attached hydrogens (primary N) is 1. The molecule has 1 aromatic carbocycles. The molecule has 0 saturated carbocycles. The first-order chi connectivity index (χ1) is 7.49. The summed E-state index contributed by atoms with van der Waals surface area (Å²) in [6.45, 7) is 1.71. The van der Waals surface area contributed by atoms with Crippen molar-refractivity contribution in [1.82, 2.24) is 4.98 Å². The number of nitrogens with one attached hydrogen (secondary N) is 1. The molecule has 0 fully saturated rings. The maximum absolute atomic E-state index is 13.2. The normalized spacial score (nSPS) is 12.2. The van der Waals surface area contributed by atoms with E-state index in [9.17, 15) is 9.18 Å². The summed E-state index contributed by atoms with van der Waals surface area (Å²) in [7, 11) is 0. The number of hydrogen-bond donors (Lipinski definition) is 2. The molecule has 17 heavy (non-hydrogen) atoms. The largest absolute Gasteiger partial charge is 0.324 e. The topological polar surface area (TPSA) is 58.9 Å². The van der Waals surface area contributed by atoms with Crippen LogP contribution in [0.2, 0.25) is 5.02 Å². The molecule has 1 aromatic heterocycles. The van der Waals surface area contributed by atoms with E-state index in [0.29, 0.717) is 16.5 Å². The quantitative estimate of drug-likeness (QED) is 0.842. The van der Waals surface area contributed by atoms with Crippen LogP contribution in [0.25, 0.3) is 10.9 Å². The van der Waals surface area contributed by atoms with Crippen LogP contribution < -0.4 is 11.3 Å². The van der Waals surface area contributed by atoms with Gasteiger partial charge in [0.25, 0.3) is 5.56 Å². The highest BCUT2D eigenvalue weighted by atomic mass is 35.5. The summed E-state index contributed by atoms with van der Waals surface area (Å²) < 4.78 is 13.2. The first kappa shape index (κ1) is 14.0. The Morgan fingerprint density at radius 2 is 2.06 bits per heavy atom. The average molecular weight is 277 g/mol. The number of aromatic amines is 1. The van der Waals surface area contributed by atoms with Crippen LogP contribution in [-0.2, 0) is 0 Å². The highest BCUT2D eigenvalue weighted by Crippen LogP contribution is 2.22. The fraction of sp³-hybridized carbons (Fsp3) is 0.182. The third-order valence-corrected chi connectivity index (χ3v) is 2.69. The van der Waals surface area contributed by atoms with Crippen molar-refractivity contribution in [3.8, 4) is 0 Å². The maximum Gasteiger partial charge on any atom is 0.253 e. The zero-order chi connectivity index (χ0) is 11.9. The molecule has 0 aliphatic carbocycles. The Kier molecular flexibility index (Phi) is 4.14. The lowest BCUT2D eigenvalue weighted by atomic mass is 10.1. The zero-order valence-corrected chi connectivity index (χ0v) is 10.5. The molecule has 3 nitrogen and oxygen atoms in total. The highest BCUT2D eigenvalue weighted by Gasteiger charge is 2.09. The van der Waals surface area contributed by atoms with Gasteiger partial charge in [0.1, 0.15) is 5.82 Å². The lowest BCUT2D eigenvalue weighted by Crippen LogP contribution is -2.19. The fourth-order valence-corrected chi connectivity index (χ4v) is 1.73. The van der Waals surface area contributed by atoms with Gasteiger partial charge in [-0.1, -0.05) is 11.6 Å². The summed E-state index contributed by atoms with van der Waals surface area (Å²) >= 11 is 5.66. The minimum Gasteiger partial charge on any atom is -0.324 e. The molecule has 1 atom stereocenters. The van der Waals surface area contributed by atoms with E-state index in [-0.39, 0.29) is 29.0 Å². The number of fused-ring (bicyclic) bond motifs is 1. The molecule has 0 spiro atoms. The predicted octanol–water partition coefficient (Wildman–Crippen LogP) is 2.76. The smallest absolute Gasteiger partial charge is 0.253 e. The van der Waals surface area contributed by atoms with Gasteiger partial charge in [-0.3, -0.25) is 4.79 Å². The van der Waals surface area contributed by atoms with Crippen LogP contribution in [0.3, 0.4) is 0 Å². The molecule has 0 aliphatic rings. The SMILES string of the molecule is C[C@@H](N)c1cc2cc(Cl)c(F)cc2[nH]c1=O.Cl. The Morgan fingerprint density at radius 3 is 2.65 bits per heavy atom. The molecular formula is C11H11Cl2FN2O. The first-order valence-electron chi connectivity index (χ1n) is 4.76. The van der Waals surface area contributed by atoms with E-state index in [1.165, 1.54) is 12.1 Å². The van der Waals surface area contributed by atoms with Gasteiger partial charge in [0.15, 0.2) is 0 Å². The summed E-state index contributed by atoms with van der Waals surface area (Å²) in [4.78, 5) is 14.2. The molecular weight excluding hydrogens is 266 g/mol. The summed E-state index contributed by atoms with van der Waals surface area (Å²) in [6, 6.07) is 3.92. The fourth-order valence-electron chi connectivity index (χ4n) is 1.56. The van der Waals surface area contributed by atoms with Gasteiger partial charge in [0, 0.05) is 17.0 Å². The molecule has 0 bridgehead atoms. The highest BCUT2D eigenvalue weighted by molar-refractivity contribution is 6.31. The summed E-state index contributed by atoms with van der Waals surface area (Å²) in [6.07, 6.45) is 0. The van der Waals surface area contributed by atoms with Crippen molar-refractivity contribution in [3.05, 3.63) is 45.0 Å². The number of H-pyrrole nitrogens is 1. The molecule has 6 heteroatoms. The molecule has 2 aromatic rings. The molecule has 0 unspecified atom stereocenters. The van der Waals surface area contributed by atoms with Gasteiger partial charge >= 0.3 is 0 Å². The van der Waals surface area contributed by atoms with Crippen LogP contribution in [0.4, 0.5) is 4.39 Å². The number of aromatic nitrogens is 1. The Bertz CT molecular complexity index is 610. The minimum atomic E-state index is -0.557. The van der Waals surface area contributed by atoms with Crippen molar-refractivity contribution >= 4 is 34.9 Å². The van der Waals surface area contributed by atoms with Crippen LogP contribution in [0.5, 0.6) is 0 Å². The van der Waals surface area contributed by atoms with Crippen molar-refractivity contribution < 1.29 is 4.39 Å². The molecule has 1 heterocycles. The molecule has 92 valence electrons. The maximum atomic E-state index is 13.2. The second-order valence-corrected chi connectivity index (χ2v) is 4.10. The molecule has 0 radical (unpaired) electrons. The van der Waals surface area contributed by atoms with Crippen LogP contribution in [-0.4, -0.2) is 4.98 Å². The third-order valence-electron chi connectivity index (χ3n) is 2.40. The molecule has 0 amide bonds. The Hall–Kier alpha value is -1.10. The number of hydrogen-bond acceptors (Lipinski definition) is 2. The van der Waals surface area contributed by atoms with Crippen molar-refractivity contribution in [1.29, 1.82) is 0 Å². The minimum absolute atomic E-state index is 0. The standard InChI is InChI=1S/C11H10ClFN2O.ClH/c1-5(14)7-2-6-3-8(12)9(13)4-10(6)15-11(7)16;/h2-5H,14H2,1H3,(H,15,16);1H/t5-;/m1./s1. The van der Waals surface area contributed by atoms with E-state index in [2.05, 4.69) is 4.98 Å². The number of halogens is 3. The molecule has 2 rings (SSSR count). The van der Waals surface area contributed by atoms with E-state index in [1.54, 1.807) is 13.0 Å². The Morgan fingerprint density at radius 1 is 1.41 bits per heavy atom. The average Bonchev–Trinajstić information content (AvgIpc) is 2.19. The van der Waals surface area contributed by atoms with Gasteiger partial charge in [-0.15, -0.1) is 12.4 Å². The number of rotatable bonds is 1. The van der Waals surface area contributed by atoms with E-state index < -0.39 is 5.82 Å². The van der Waals surface area contributed by atoms with E-state index in [1.807, 2.05) is 0 Å². The number of pyridine rings is 1. The summed E-state index contributed by atoms with van der Waals surface area (Å²) in [5, 5.41) is 0.688. The van der Waals surface area contributed by atoms with Crippen LogP contribution >= 0.6 is 24.0 Å². The van der Waals surface area contributed by atoms with E-state index in [0.717, 1.165) is 0 Å². The van der Waals surface area contributed by atoms with E-state index in [4.69, 9.17) is 17.3 Å². The third kappa shape index (κ3) is 2.60. The van der Waals surface area contributed by atoms with Crippen LogP contribution in [0.1, 0.15) is 18.5 Å². The van der Waals surface area contributed by atoms with Crippen molar-refractivity contribution in [2.75, 3.05) is 0 Å². The van der Waals surface area contributed by atoms with Crippen LogP contribution in [0, 0.1) is 5.82 Å². The van der Waals surface area contributed by atoms with Crippen molar-refractivity contribution in [2.45, 2.75) is 13.0 Å². The lowest BCUT2D eigenvalue weighted by molar-refractivity contribution is 0.629. The number of benzene rings is 1. The van der Waals surface area contributed by atoms with Gasteiger partial charge in [0.2, 0.25) is 0 Å². The monoisotopic (exact) mass is 276 g/mol. The zero-order valence-electron chi connectivity index (χ0n) is 8.96. The predicted molar refractivity (Wildman–Crippen MR) is 69.4 cm³/mol. The van der Waals surface area contributed by atoms with Gasteiger partial charge < -0.3 is 10.7 Å². The van der Waals surface area contributed by atoms with Crippen LogP contribution in [0.15, 0.2) is 23.0 Å². The summed E-state index contributed by atoms with van der Waals surface area (Å²) in [5.74, 6) is -0.557. The Balaban J connectivity index is 0.00000144. The van der Waals surface area contributed by atoms with E-state index >= 15 is 0 Å². The second kappa shape index (κ2) is 5.04. The van der Waals surface area contributed by atoms with Gasteiger partial charge in [-0.25, -0.2) is 4.39 Å². The van der Waals surface area contributed by atoms with Crippen molar-refractivity contribution in [2.24, 2.45) is 5.73 Å².